The van der Waals surface area contributed by atoms with Gasteiger partial charge in [0.15, 0.2) is 0 Å². The van der Waals surface area contributed by atoms with Crippen molar-refractivity contribution in [2.75, 3.05) is 7.11 Å². The van der Waals surface area contributed by atoms with E-state index in [1.165, 1.54) is 4.88 Å². The van der Waals surface area contributed by atoms with Crippen LogP contribution in [-0.2, 0) is 6.42 Å². The first-order chi connectivity index (χ1) is 8.81. The summed E-state index contributed by atoms with van der Waals surface area (Å²) in [5.74, 6) is 0.765. The van der Waals surface area contributed by atoms with Gasteiger partial charge in [0.25, 0.3) is 0 Å². The van der Waals surface area contributed by atoms with Crippen molar-refractivity contribution in [2.45, 2.75) is 25.4 Å². The summed E-state index contributed by atoms with van der Waals surface area (Å²) >= 11 is 1.77. The zero-order valence-electron chi connectivity index (χ0n) is 10.5. The Balaban J connectivity index is 1.89. The average molecular weight is 262 g/mol. The molecular formula is C15H18O2S. The molecule has 0 radical (unpaired) electrons. The van der Waals surface area contributed by atoms with E-state index in [4.69, 9.17) is 4.74 Å². The van der Waals surface area contributed by atoms with Gasteiger partial charge in [-0.1, -0.05) is 24.3 Å². The van der Waals surface area contributed by atoms with Crippen molar-refractivity contribution in [2.24, 2.45) is 0 Å². The SMILES string of the molecule is COc1ccccc1C(O)CCCc1cccs1. The Morgan fingerprint density at radius 1 is 1.22 bits per heavy atom. The van der Waals surface area contributed by atoms with Crippen molar-refractivity contribution in [3.63, 3.8) is 0 Å². The highest BCUT2D eigenvalue weighted by molar-refractivity contribution is 7.09. The molecule has 0 bridgehead atoms. The molecular weight excluding hydrogens is 244 g/mol. The van der Waals surface area contributed by atoms with Crippen LogP contribution in [0.2, 0.25) is 0 Å². The Bertz CT molecular complexity index is 465. The van der Waals surface area contributed by atoms with E-state index in [1.54, 1.807) is 18.4 Å². The second kappa shape index (κ2) is 6.57. The molecule has 2 nitrogen and oxygen atoms in total. The van der Waals surface area contributed by atoms with E-state index in [9.17, 15) is 5.11 Å². The molecule has 3 heteroatoms. The minimum Gasteiger partial charge on any atom is -0.496 e. The van der Waals surface area contributed by atoms with Gasteiger partial charge in [-0.15, -0.1) is 11.3 Å². The monoisotopic (exact) mass is 262 g/mol. The van der Waals surface area contributed by atoms with Gasteiger partial charge in [0.1, 0.15) is 5.75 Å². The average Bonchev–Trinajstić information content (AvgIpc) is 2.91. The third kappa shape index (κ3) is 3.34. The number of aliphatic hydroxyl groups is 1. The van der Waals surface area contributed by atoms with Gasteiger partial charge in [0.05, 0.1) is 13.2 Å². The van der Waals surface area contributed by atoms with Gasteiger partial charge in [-0.3, -0.25) is 0 Å². The number of hydrogen-bond donors (Lipinski definition) is 1. The summed E-state index contributed by atoms with van der Waals surface area (Å²) in [4.78, 5) is 1.38. The minimum atomic E-state index is -0.443. The van der Waals surface area contributed by atoms with Crippen molar-refractivity contribution in [1.29, 1.82) is 0 Å². The second-order valence-electron chi connectivity index (χ2n) is 4.23. The van der Waals surface area contributed by atoms with Crippen LogP contribution in [0.15, 0.2) is 41.8 Å². The lowest BCUT2D eigenvalue weighted by atomic mass is 10.0. The number of thiophene rings is 1. The summed E-state index contributed by atoms with van der Waals surface area (Å²) in [6.45, 7) is 0. The van der Waals surface area contributed by atoms with Gasteiger partial charge in [-0.2, -0.15) is 0 Å². The first kappa shape index (κ1) is 13.1. The van der Waals surface area contributed by atoms with Gasteiger partial charge in [-0.05, 0) is 36.8 Å². The standard InChI is InChI=1S/C15H18O2S/c1-17-15-10-3-2-8-13(15)14(16)9-4-6-12-7-5-11-18-12/h2-3,5,7-8,10-11,14,16H,4,6,9H2,1H3. The number of rotatable bonds is 6. The fourth-order valence-corrected chi connectivity index (χ4v) is 2.77. The molecule has 0 aliphatic heterocycles. The Morgan fingerprint density at radius 3 is 2.78 bits per heavy atom. The molecule has 1 heterocycles. The molecule has 1 N–H and O–H groups in total. The molecule has 18 heavy (non-hydrogen) atoms. The van der Waals surface area contributed by atoms with Crippen LogP contribution in [-0.4, -0.2) is 12.2 Å². The predicted octanol–water partition coefficient (Wildman–Crippen LogP) is 3.81. The molecule has 0 fully saturated rings. The smallest absolute Gasteiger partial charge is 0.124 e. The lowest BCUT2D eigenvalue weighted by Gasteiger charge is -2.14. The number of aryl methyl sites for hydroxylation is 1. The number of methoxy groups -OCH3 is 1. The van der Waals surface area contributed by atoms with Crippen LogP contribution < -0.4 is 4.74 Å². The summed E-state index contributed by atoms with van der Waals surface area (Å²) in [6, 6.07) is 11.9. The molecule has 2 aromatic rings. The van der Waals surface area contributed by atoms with E-state index in [0.717, 1.165) is 30.6 Å². The van der Waals surface area contributed by atoms with E-state index in [1.807, 2.05) is 24.3 Å². The Kier molecular flexibility index (Phi) is 4.79. The zero-order valence-corrected chi connectivity index (χ0v) is 11.3. The molecule has 0 saturated carbocycles. The maximum absolute atomic E-state index is 10.2. The van der Waals surface area contributed by atoms with Crippen molar-refractivity contribution in [1.82, 2.24) is 0 Å². The molecule has 0 saturated heterocycles. The normalized spacial score (nSPS) is 12.3. The fourth-order valence-electron chi connectivity index (χ4n) is 2.02. The zero-order chi connectivity index (χ0) is 12.8. The Labute approximate surface area is 112 Å². The first-order valence-electron chi connectivity index (χ1n) is 6.14. The van der Waals surface area contributed by atoms with Crippen LogP contribution in [0.5, 0.6) is 5.75 Å². The largest absolute Gasteiger partial charge is 0.496 e. The van der Waals surface area contributed by atoms with Crippen LogP contribution >= 0.6 is 11.3 Å². The van der Waals surface area contributed by atoms with E-state index >= 15 is 0 Å². The summed E-state index contributed by atoms with van der Waals surface area (Å²) in [7, 11) is 1.64. The maximum Gasteiger partial charge on any atom is 0.124 e. The fraction of sp³-hybridized carbons (Fsp3) is 0.333. The van der Waals surface area contributed by atoms with Gasteiger partial charge in [0.2, 0.25) is 0 Å². The highest BCUT2D eigenvalue weighted by Crippen LogP contribution is 2.28. The van der Waals surface area contributed by atoms with Crippen LogP contribution in [0.4, 0.5) is 0 Å². The molecule has 1 aromatic carbocycles. The molecule has 0 spiro atoms. The molecule has 2 rings (SSSR count). The van der Waals surface area contributed by atoms with Gasteiger partial charge >= 0.3 is 0 Å². The van der Waals surface area contributed by atoms with Crippen molar-refractivity contribution < 1.29 is 9.84 Å². The topological polar surface area (TPSA) is 29.5 Å². The number of ether oxygens (including phenoxy) is 1. The summed E-state index contributed by atoms with van der Waals surface area (Å²) in [5, 5.41) is 12.3. The maximum atomic E-state index is 10.2. The van der Waals surface area contributed by atoms with E-state index in [2.05, 4.69) is 17.5 Å². The number of para-hydroxylation sites is 1. The third-order valence-corrected chi connectivity index (χ3v) is 3.91. The van der Waals surface area contributed by atoms with Crippen molar-refractivity contribution in [3.05, 3.63) is 52.2 Å². The van der Waals surface area contributed by atoms with Crippen LogP contribution in [0, 0.1) is 0 Å². The lowest BCUT2D eigenvalue weighted by Crippen LogP contribution is -2.01. The van der Waals surface area contributed by atoms with Crippen molar-refractivity contribution in [3.8, 4) is 5.75 Å². The first-order valence-corrected chi connectivity index (χ1v) is 7.02. The van der Waals surface area contributed by atoms with Crippen LogP contribution in [0.3, 0.4) is 0 Å². The van der Waals surface area contributed by atoms with Gasteiger partial charge < -0.3 is 9.84 Å². The van der Waals surface area contributed by atoms with Gasteiger partial charge in [0, 0.05) is 10.4 Å². The number of hydrogen-bond acceptors (Lipinski definition) is 3. The summed E-state index contributed by atoms with van der Waals surface area (Å²) in [5.41, 5.74) is 0.881. The molecule has 1 atom stereocenters. The third-order valence-electron chi connectivity index (χ3n) is 2.98. The quantitative estimate of drug-likeness (QED) is 0.857. The minimum absolute atomic E-state index is 0.443. The van der Waals surface area contributed by atoms with E-state index in [0.29, 0.717) is 0 Å². The predicted molar refractivity (Wildman–Crippen MR) is 75.2 cm³/mol. The van der Waals surface area contributed by atoms with E-state index in [-0.39, 0.29) is 0 Å². The van der Waals surface area contributed by atoms with E-state index < -0.39 is 6.10 Å². The van der Waals surface area contributed by atoms with Crippen LogP contribution in [0.1, 0.15) is 29.4 Å². The molecule has 0 aliphatic carbocycles. The molecule has 0 aliphatic rings. The molecule has 96 valence electrons. The van der Waals surface area contributed by atoms with Crippen LogP contribution in [0.25, 0.3) is 0 Å². The molecule has 1 aromatic heterocycles. The Morgan fingerprint density at radius 2 is 2.06 bits per heavy atom. The number of aliphatic hydroxyl groups excluding tert-OH is 1. The van der Waals surface area contributed by atoms with Gasteiger partial charge in [-0.25, -0.2) is 0 Å². The lowest BCUT2D eigenvalue weighted by molar-refractivity contribution is 0.161. The highest BCUT2D eigenvalue weighted by atomic mass is 32.1. The Hall–Kier alpha value is -1.32. The number of benzene rings is 1. The molecule has 0 amide bonds. The highest BCUT2D eigenvalue weighted by Gasteiger charge is 2.12. The van der Waals surface area contributed by atoms with Crippen molar-refractivity contribution >= 4 is 11.3 Å². The summed E-state index contributed by atoms with van der Waals surface area (Å²) in [6.07, 6.45) is 2.34. The summed E-state index contributed by atoms with van der Waals surface area (Å²) < 4.78 is 5.26. The second-order valence-corrected chi connectivity index (χ2v) is 5.26. The molecule has 1 unspecified atom stereocenters.